The van der Waals surface area contributed by atoms with Crippen LogP contribution in [0.25, 0.3) is 0 Å². The molecule has 0 heterocycles. The number of amides is 2. The molecule has 26 heavy (non-hydrogen) atoms. The molecule has 5 heteroatoms. The predicted molar refractivity (Wildman–Crippen MR) is 107 cm³/mol. The van der Waals surface area contributed by atoms with Gasteiger partial charge in [-0.2, -0.15) is 0 Å². The number of anilines is 2. The molecule has 138 valence electrons. The van der Waals surface area contributed by atoms with E-state index in [1.165, 1.54) is 0 Å². The van der Waals surface area contributed by atoms with Gasteiger partial charge in [0.05, 0.1) is 13.1 Å². The van der Waals surface area contributed by atoms with Gasteiger partial charge in [-0.25, -0.2) is 0 Å². The van der Waals surface area contributed by atoms with E-state index in [9.17, 15) is 9.59 Å². The molecule has 0 fully saturated rings. The monoisotopic (exact) mass is 353 g/mol. The van der Waals surface area contributed by atoms with Gasteiger partial charge in [0.1, 0.15) is 0 Å². The standard InChI is InChI=1S/C21H27N3O2/c1-14-9-10-18(17(4)11-14)22-19(25)12-24(5)13-20(26)23-21-15(2)7-6-8-16(21)3/h6-11H,12-13H2,1-5H3,(H,22,25)(H,23,26). The Morgan fingerprint density at radius 3 is 2.00 bits per heavy atom. The number of hydrogen-bond acceptors (Lipinski definition) is 3. The second-order valence-electron chi connectivity index (χ2n) is 6.85. The number of rotatable bonds is 6. The first-order valence-corrected chi connectivity index (χ1v) is 8.68. The lowest BCUT2D eigenvalue weighted by atomic mass is 10.1. The Hall–Kier alpha value is -2.66. The van der Waals surface area contributed by atoms with Crippen molar-refractivity contribution in [1.29, 1.82) is 0 Å². The van der Waals surface area contributed by atoms with E-state index in [-0.39, 0.29) is 24.9 Å². The second kappa shape index (κ2) is 8.63. The highest BCUT2D eigenvalue weighted by Crippen LogP contribution is 2.19. The number of nitrogens with one attached hydrogen (secondary N) is 2. The van der Waals surface area contributed by atoms with Gasteiger partial charge in [0.2, 0.25) is 11.8 Å². The maximum atomic E-state index is 12.3. The van der Waals surface area contributed by atoms with Crippen LogP contribution in [0.1, 0.15) is 22.3 Å². The van der Waals surface area contributed by atoms with Gasteiger partial charge < -0.3 is 10.6 Å². The fourth-order valence-electron chi connectivity index (χ4n) is 2.88. The minimum atomic E-state index is -0.140. The van der Waals surface area contributed by atoms with Crippen molar-refractivity contribution in [3.63, 3.8) is 0 Å². The van der Waals surface area contributed by atoms with E-state index in [0.717, 1.165) is 33.6 Å². The van der Waals surface area contributed by atoms with Gasteiger partial charge in [0, 0.05) is 11.4 Å². The van der Waals surface area contributed by atoms with Crippen LogP contribution in [0.3, 0.4) is 0 Å². The van der Waals surface area contributed by atoms with Crippen LogP contribution in [0.5, 0.6) is 0 Å². The smallest absolute Gasteiger partial charge is 0.238 e. The maximum Gasteiger partial charge on any atom is 0.238 e. The summed E-state index contributed by atoms with van der Waals surface area (Å²) in [6, 6.07) is 11.8. The summed E-state index contributed by atoms with van der Waals surface area (Å²) >= 11 is 0. The molecule has 0 saturated carbocycles. The minimum absolute atomic E-state index is 0.135. The Kier molecular flexibility index (Phi) is 6.52. The van der Waals surface area contributed by atoms with Crippen LogP contribution < -0.4 is 10.6 Å². The molecule has 5 nitrogen and oxygen atoms in total. The van der Waals surface area contributed by atoms with Crippen LogP contribution in [0.4, 0.5) is 11.4 Å². The first-order valence-electron chi connectivity index (χ1n) is 8.68. The second-order valence-corrected chi connectivity index (χ2v) is 6.85. The van der Waals surface area contributed by atoms with E-state index in [1.807, 2.05) is 64.1 Å². The first-order chi connectivity index (χ1) is 12.3. The summed E-state index contributed by atoms with van der Waals surface area (Å²) in [6.45, 7) is 8.19. The van der Waals surface area contributed by atoms with E-state index in [2.05, 4.69) is 10.6 Å². The third-order valence-corrected chi connectivity index (χ3v) is 4.23. The molecular formula is C21H27N3O2. The third kappa shape index (κ3) is 5.43. The molecule has 0 radical (unpaired) electrons. The fourth-order valence-corrected chi connectivity index (χ4v) is 2.88. The number of likely N-dealkylation sites (N-methyl/N-ethyl adjacent to an activating group) is 1. The SMILES string of the molecule is Cc1ccc(NC(=O)CN(C)CC(=O)Nc2c(C)cccc2C)c(C)c1. The number of nitrogens with zero attached hydrogens (tertiary/aromatic N) is 1. The quantitative estimate of drug-likeness (QED) is 0.836. The number of aryl methyl sites for hydroxylation is 4. The Labute approximate surface area is 155 Å². The van der Waals surface area contributed by atoms with E-state index in [4.69, 9.17) is 0 Å². The van der Waals surface area contributed by atoms with Crippen molar-refractivity contribution < 1.29 is 9.59 Å². The van der Waals surface area contributed by atoms with Crippen LogP contribution in [0.15, 0.2) is 36.4 Å². The van der Waals surface area contributed by atoms with Crippen molar-refractivity contribution in [2.75, 3.05) is 30.8 Å². The summed E-state index contributed by atoms with van der Waals surface area (Å²) in [7, 11) is 1.76. The number of benzene rings is 2. The van der Waals surface area contributed by atoms with E-state index >= 15 is 0 Å². The summed E-state index contributed by atoms with van der Waals surface area (Å²) in [6.07, 6.45) is 0. The lowest BCUT2D eigenvalue weighted by Gasteiger charge is -2.18. The van der Waals surface area contributed by atoms with Gasteiger partial charge in [-0.05, 0) is 57.5 Å². The largest absolute Gasteiger partial charge is 0.325 e. The number of carbonyl (C=O) groups excluding carboxylic acids is 2. The number of hydrogen-bond donors (Lipinski definition) is 2. The molecule has 2 N–H and O–H groups in total. The Bertz CT molecular complexity index is 795. The summed E-state index contributed by atoms with van der Waals surface area (Å²) < 4.78 is 0. The molecular weight excluding hydrogens is 326 g/mol. The molecule has 0 unspecified atom stereocenters. The van der Waals surface area contributed by atoms with Gasteiger partial charge >= 0.3 is 0 Å². The van der Waals surface area contributed by atoms with Crippen molar-refractivity contribution in [2.45, 2.75) is 27.7 Å². The average Bonchev–Trinajstić information content (AvgIpc) is 2.53. The van der Waals surface area contributed by atoms with E-state index < -0.39 is 0 Å². The lowest BCUT2D eigenvalue weighted by molar-refractivity contribution is -0.119. The van der Waals surface area contributed by atoms with Gasteiger partial charge in [-0.15, -0.1) is 0 Å². The molecule has 0 saturated heterocycles. The molecule has 2 rings (SSSR count). The van der Waals surface area contributed by atoms with Gasteiger partial charge in [-0.1, -0.05) is 35.9 Å². The first kappa shape index (κ1) is 19.7. The van der Waals surface area contributed by atoms with E-state index in [1.54, 1.807) is 11.9 Å². The zero-order chi connectivity index (χ0) is 19.3. The lowest BCUT2D eigenvalue weighted by Crippen LogP contribution is -2.36. The molecule has 2 aromatic carbocycles. The van der Waals surface area contributed by atoms with Crippen LogP contribution in [-0.4, -0.2) is 36.9 Å². The van der Waals surface area contributed by atoms with Gasteiger partial charge in [0.15, 0.2) is 0 Å². The molecule has 0 aliphatic carbocycles. The zero-order valence-electron chi connectivity index (χ0n) is 16.1. The van der Waals surface area contributed by atoms with Crippen LogP contribution in [0, 0.1) is 27.7 Å². The summed E-state index contributed by atoms with van der Waals surface area (Å²) in [5.74, 6) is -0.274. The molecule has 0 bridgehead atoms. The Morgan fingerprint density at radius 2 is 1.42 bits per heavy atom. The van der Waals surface area contributed by atoms with Crippen molar-refractivity contribution in [1.82, 2.24) is 4.90 Å². The van der Waals surface area contributed by atoms with Crippen LogP contribution in [-0.2, 0) is 9.59 Å². The Morgan fingerprint density at radius 1 is 0.846 bits per heavy atom. The Balaban J connectivity index is 1.88. The van der Waals surface area contributed by atoms with Gasteiger partial charge in [0.25, 0.3) is 0 Å². The van der Waals surface area contributed by atoms with Crippen molar-refractivity contribution >= 4 is 23.2 Å². The summed E-state index contributed by atoms with van der Waals surface area (Å²) in [5.41, 5.74) is 5.86. The van der Waals surface area contributed by atoms with Crippen LogP contribution >= 0.6 is 0 Å². The van der Waals surface area contributed by atoms with Gasteiger partial charge in [-0.3, -0.25) is 14.5 Å². The minimum Gasteiger partial charge on any atom is -0.325 e. The molecule has 0 spiro atoms. The molecule has 0 atom stereocenters. The highest BCUT2D eigenvalue weighted by molar-refractivity contribution is 5.95. The molecule has 0 aliphatic rings. The van der Waals surface area contributed by atoms with Crippen molar-refractivity contribution in [2.24, 2.45) is 0 Å². The molecule has 2 aromatic rings. The molecule has 0 aromatic heterocycles. The highest BCUT2D eigenvalue weighted by atomic mass is 16.2. The van der Waals surface area contributed by atoms with Crippen molar-refractivity contribution in [3.05, 3.63) is 58.7 Å². The predicted octanol–water partition coefficient (Wildman–Crippen LogP) is 3.43. The third-order valence-electron chi connectivity index (χ3n) is 4.23. The summed E-state index contributed by atoms with van der Waals surface area (Å²) in [5, 5.41) is 5.83. The average molecular weight is 353 g/mol. The zero-order valence-corrected chi connectivity index (χ0v) is 16.1. The summed E-state index contributed by atoms with van der Waals surface area (Å²) in [4.78, 5) is 26.2. The van der Waals surface area contributed by atoms with Crippen molar-refractivity contribution in [3.8, 4) is 0 Å². The van der Waals surface area contributed by atoms with E-state index in [0.29, 0.717) is 0 Å². The normalized spacial score (nSPS) is 10.7. The molecule has 0 aliphatic heterocycles. The number of para-hydroxylation sites is 1. The highest BCUT2D eigenvalue weighted by Gasteiger charge is 2.13. The number of carbonyl (C=O) groups is 2. The maximum absolute atomic E-state index is 12.3. The van der Waals surface area contributed by atoms with Crippen LogP contribution in [0.2, 0.25) is 0 Å². The topological polar surface area (TPSA) is 61.4 Å². The fraction of sp³-hybridized carbons (Fsp3) is 0.333. The molecule has 2 amide bonds.